The Hall–Kier alpha value is -0.970. The van der Waals surface area contributed by atoms with Gasteiger partial charge in [-0.25, -0.2) is 4.39 Å². The van der Waals surface area contributed by atoms with E-state index in [2.05, 4.69) is 4.74 Å². The number of hydrogen-bond donors (Lipinski definition) is 0. The van der Waals surface area contributed by atoms with Crippen LogP contribution < -0.4 is 4.74 Å². The van der Waals surface area contributed by atoms with E-state index in [1.54, 1.807) is 0 Å². The van der Waals surface area contributed by atoms with Gasteiger partial charge in [-0.2, -0.15) is 0 Å². The first-order chi connectivity index (χ1) is 6.29. The van der Waals surface area contributed by atoms with Gasteiger partial charge in [-0.05, 0) is 18.6 Å². The lowest BCUT2D eigenvalue weighted by Gasteiger charge is -2.11. The fourth-order valence-electron chi connectivity index (χ4n) is 0.863. The molecule has 0 aromatic heterocycles. The molecule has 0 bridgehead atoms. The van der Waals surface area contributed by atoms with Crippen LogP contribution in [0.5, 0.6) is 5.75 Å². The van der Waals surface area contributed by atoms with Gasteiger partial charge in [-0.1, -0.05) is 11.6 Å². The summed E-state index contributed by atoms with van der Waals surface area (Å²) < 4.78 is 51.7. The summed E-state index contributed by atoms with van der Waals surface area (Å²) in [5.74, 6) is -1.28. The fourth-order valence-corrected chi connectivity index (χ4v) is 1.02. The highest BCUT2D eigenvalue weighted by atomic mass is 35.5. The van der Waals surface area contributed by atoms with E-state index in [0.717, 1.165) is 12.1 Å². The summed E-state index contributed by atoms with van der Waals surface area (Å²) in [6.07, 6.45) is -4.80. The van der Waals surface area contributed by atoms with Crippen LogP contribution in [0.2, 0.25) is 5.02 Å². The van der Waals surface area contributed by atoms with Crippen molar-refractivity contribution in [2.45, 2.75) is 13.3 Å². The molecule has 0 radical (unpaired) electrons. The Labute approximate surface area is 82.2 Å². The van der Waals surface area contributed by atoms with E-state index in [1.807, 2.05) is 0 Å². The Balaban J connectivity index is 3.04. The van der Waals surface area contributed by atoms with Crippen molar-refractivity contribution >= 4 is 11.6 Å². The summed E-state index contributed by atoms with van der Waals surface area (Å²) in [5, 5.41) is -0.408. The molecule has 0 unspecified atom stereocenters. The maximum Gasteiger partial charge on any atom is 0.573 e. The van der Waals surface area contributed by atoms with Crippen molar-refractivity contribution in [2.24, 2.45) is 0 Å². The van der Waals surface area contributed by atoms with Gasteiger partial charge >= 0.3 is 6.36 Å². The van der Waals surface area contributed by atoms with E-state index < -0.39 is 23.0 Å². The molecule has 6 heteroatoms. The van der Waals surface area contributed by atoms with Crippen molar-refractivity contribution in [1.29, 1.82) is 0 Å². The molecule has 0 amide bonds. The maximum absolute atomic E-state index is 12.7. The highest BCUT2D eigenvalue weighted by Crippen LogP contribution is 2.30. The van der Waals surface area contributed by atoms with Crippen LogP contribution in [0.15, 0.2) is 12.1 Å². The zero-order valence-electron chi connectivity index (χ0n) is 6.95. The second-order valence-electron chi connectivity index (χ2n) is 2.58. The highest BCUT2D eigenvalue weighted by molar-refractivity contribution is 6.30. The van der Waals surface area contributed by atoms with Gasteiger partial charge in [0.05, 0.1) is 5.02 Å². The lowest BCUT2D eigenvalue weighted by molar-refractivity contribution is -0.274. The van der Waals surface area contributed by atoms with E-state index in [1.165, 1.54) is 6.92 Å². The molecule has 78 valence electrons. The van der Waals surface area contributed by atoms with Crippen LogP contribution in [0.4, 0.5) is 17.6 Å². The number of halogens is 5. The van der Waals surface area contributed by atoms with Crippen molar-refractivity contribution in [1.82, 2.24) is 0 Å². The zero-order chi connectivity index (χ0) is 10.9. The van der Waals surface area contributed by atoms with Gasteiger partial charge in [-0.3, -0.25) is 0 Å². The Morgan fingerprint density at radius 3 is 2.36 bits per heavy atom. The second-order valence-corrected chi connectivity index (χ2v) is 2.99. The molecule has 1 nitrogen and oxygen atoms in total. The summed E-state index contributed by atoms with van der Waals surface area (Å²) >= 11 is 5.29. The fraction of sp³-hybridized carbons (Fsp3) is 0.250. The third-order valence-electron chi connectivity index (χ3n) is 1.44. The lowest BCUT2D eigenvalue weighted by Crippen LogP contribution is -2.17. The van der Waals surface area contributed by atoms with Crippen LogP contribution in [-0.4, -0.2) is 6.36 Å². The summed E-state index contributed by atoms with van der Waals surface area (Å²) in [6.45, 7) is 1.29. The summed E-state index contributed by atoms with van der Waals surface area (Å²) in [4.78, 5) is 0. The number of alkyl halides is 3. The van der Waals surface area contributed by atoms with Crippen LogP contribution in [0.25, 0.3) is 0 Å². The average molecular weight is 229 g/mol. The van der Waals surface area contributed by atoms with Gasteiger partial charge in [0.15, 0.2) is 0 Å². The number of rotatable bonds is 1. The van der Waals surface area contributed by atoms with Crippen LogP contribution in [-0.2, 0) is 0 Å². The van der Waals surface area contributed by atoms with Gasteiger partial charge in [0.25, 0.3) is 0 Å². The Bertz CT molecular complexity index is 348. The minimum absolute atomic E-state index is 0.0317. The molecule has 0 atom stereocenters. The number of benzene rings is 1. The van der Waals surface area contributed by atoms with Gasteiger partial charge in [-0.15, -0.1) is 13.2 Å². The largest absolute Gasteiger partial charge is 0.573 e. The molecule has 0 N–H and O–H groups in total. The molecule has 1 aromatic rings. The molecule has 1 aromatic carbocycles. The van der Waals surface area contributed by atoms with Crippen LogP contribution in [0.3, 0.4) is 0 Å². The van der Waals surface area contributed by atoms with Crippen LogP contribution >= 0.6 is 11.6 Å². The predicted molar refractivity (Wildman–Crippen MR) is 42.8 cm³/mol. The quantitative estimate of drug-likeness (QED) is 0.666. The van der Waals surface area contributed by atoms with Crippen molar-refractivity contribution in [3.8, 4) is 5.75 Å². The number of ether oxygens (including phenoxy) is 1. The normalized spacial score (nSPS) is 11.6. The van der Waals surface area contributed by atoms with Gasteiger partial charge in [0.2, 0.25) is 0 Å². The molecule has 0 heterocycles. The first-order valence-corrected chi connectivity index (χ1v) is 3.89. The topological polar surface area (TPSA) is 9.23 Å². The molecule has 14 heavy (non-hydrogen) atoms. The second kappa shape index (κ2) is 3.65. The Morgan fingerprint density at radius 1 is 1.29 bits per heavy atom. The van der Waals surface area contributed by atoms with Crippen molar-refractivity contribution in [3.63, 3.8) is 0 Å². The molecule has 0 aliphatic rings. The SMILES string of the molecule is Cc1cc(F)c(Cl)cc1OC(F)(F)F. The van der Waals surface area contributed by atoms with Gasteiger partial charge in [0.1, 0.15) is 11.6 Å². The van der Waals surface area contributed by atoms with Crippen LogP contribution in [0, 0.1) is 12.7 Å². The van der Waals surface area contributed by atoms with Crippen LogP contribution in [0.1, 0.15) is 5.56 Å². The summed E-state index contributed by atoms with van der Waals surface area (Å²) in [6, 6.07) is 1.67. The third kappa shape index (κ3) is 2.77. The molecule has 1 rings (SSSR count). The number of hydrogen-bond acceptors (Lipinski definition) is 1. The smallest absolute Gasteiger partial charge is 0.405 e. The lowest BCUT2D eigenvalue weighted by atomic mass is 10.2. The van der Waals surface area contributed by atoms with E-state index in [4.69, 9.17) is 11.6 Å². The third-order valence-corrected chi connectivity index (χ3v) is 1.73. The van der Waals surface area contributed by atoms with Gasteiger partial charge < -0.3 is 4.74 Å². The first-order valence-electron chi connectivity index (χ1n) is 3.51. The molecule has 0 spiro atoms. The zero-order valence-corrected chi connectivity index (χ0v) is 7.71. The standard InChI is InChI=1S/C8H5ClF4O/c1-4-2-6(10)5(9)3-7(4)14-8(11,12)13/h2-3H,1H3. The predicted octanol–water partition coefficient (Wildman–Crippen LogP) is 3.69. The Kier molecular flexibility index (Phi) is 2.89. The molecule has 0 aliphatic carbocycles. The monoisotopic (exact) mass is 228 g/mol. The molecule has 0 fully saturated rings. The highest BCUT2D eigenvalue weighted by Gasteiger charge is 2.32. The minimum atomic E-state index is -4.80. The van der Waals surface area contributed by atoms with Gasteiger partial charge in [0, 0.05) is 6.07 Å². The molecule has 0 saturated heterocycles. The summed E-state index contributed by atoms with van der Waals surface area (Å²) in [5.41, 5.74) is 0.0317. The van der Waals surface area contributed by atoms with Crippen molar-refractivity contribution in [3.05, 3.63) is 28.5 Å². The Morgan fingerprint density at radius 2 is 1.86 bits per heavy atom. The minimum Gasteiger partial charge on any atom is -0.405 e. The van der Waals surface area contributed by atoms with E-state index in [-0.39, 0.29) is 5.56 Å². The van der Waals surface area contributed by atoms with Crippen molar-refractivity contribution in [2.75, 3.05) is 0 Å². The van der Waals surface area contributed by atoms with E-state index in [9.17, 15) is 17.6 Å². The molecule has 0 aliphatic heterocycles. The molecule has 0 saturated carbocycles. The molecular formula is C8H5ClF4O. The van der Waals surface area contributed by atoms with Crippen molar-refractivity contribution < 1.29 is 22.3 Å². The molecular weight excluding hydrogens is 224 g/mol. The summed E-state index contributed by atoms with van der Waals surface area (Å²) in [7, 11) is 0. The first kappa shape index (κ1) is 11.1. The van der Waals surface area contributed by atoms with E-state index in [0.29, 0.717) is 0 Å². The maximum atomic E-state index is 12.7. The van der Waals surface area contributed by atoms with E-state index >= 15 is 0 Å². The number of aryl methyl sites for hydroxylation is 1. The average Bonchev–Trinajstić information content (AvgIpc) is 1.97.